The topological polar surface area (TPSA) is 21.7 Å². The quantitative estimate of drug-likeness (QED) is 0.558. The molecule has 98 valence electrons. The van der Waals surface area contributed by atoms with Crippen molar-refractivity contribution >= 4 is 17.2 Å². The van der Waals surface area contributed by atoms with Gasteiger partial charge in [-0.3, -0.25) is 0 Å². The molecule has 3 nitrogen and oxygen atoms in total. The second kappa shape index (κ2) is 7.84. The Balaban J connectivity index is 2.68. The third-order valence-corrected chi connectivity index (χ3v) is 3.01. The van der Waals surface area contributed by atoms with Crippen LogP contribution in [0, 0.1) is 0 Å². The van der Waals surface area contributed by atoms with Crippen LogP contribution >= 0.6 is 12.2 Å². The van der Waals surface area contributed by atoms with Crippen LogP contribution in [0.25, 0.3) is 0 Å². The maximum absolute atomic E-state index is 5.27. The molecule has 0 spiro atoms. The predicted molar refractivity (Wildman–Crippen MR) is 78.1 cm³/mol. The van der Waals surface area contributed by atoms with E-state index in [-0.39, 0.29) is 0 Å². The van der Waals surface area contributed by atoms with Gasteiger partial charge in [-0.1, -0.05) is 30.9 Å². The molecule has 0 aliphatic heterocycles. The van der Waals surface area contributed by atoms with E-state index in [2.05, 4.69) is 11.5 Å². The first kappa shape index (κ1) is 14.7. The highest BCUT2D eigenvalue weighted by molar-refractivity contribution is 7.80. The van der Waals surface area contributed by atoms with Crippen LogP contribution in [0.2, 0.25) is 0 Å². The summed E-state index contributed by atoms with van der Waals surface area (Å²) in [5.74, 6) is 0.855. The smallest absolute Gasteiger partial charge is 0.118 e. The molecular formula is C14H19NO2S. The first-order valence-corrected chi connectivity index (χ1v) is 6.15. The number of ether oxygens (including phenoxy) is 2. The van der Waals surface area contributed by atoms with E-state index < -0.39 is 0 Å². The second-order valence-corrected chi connectivity index (χ2v) is 4.22. The molecule has 0 saturated carbocycles. The minimum atomic E-state index is 0.643. The number of hydrogen-bond donors (Lipinski definition) is 0. The molecule has 0 saturated heterocycles. The van der Waals surface area contributed by atoms with E-state index in [1.54, 1.807) is 20.3 Å². The number of methoxy groups -OCH3 is 2. The van der Waals surface area contributed by atoms with Crippen molar-refractivity contribution in [1.29, 1.82) is 0 Å². The Bertz CT molecular complexity index is 389. The van der Waals surface area contributed by atoms with Crippen molar-refractivity contribution < 1.29 is 9.47 Å². The van der Waals surface area contributed by atoms with E-state index in [1.807, 2.05) is 24.3 Å². The molecule has 0 radical (unpaired) electrons. The molecule has 1 aromatic carbocycles. The van der Waals surface area contributed by atoms with Gasteiger partial charge in [0.15, 0.2) is 0 Å². The summed E-state index contributed by atoms with van der Waals surface area (Å²) in [6.45, 7) is 5.86. The maximum atomic E-state index is 5.27. The molecule has 1 rings (SSSR count). The molecule has 0 atom stereocenters. The third-order valence-electron chi connectivity index (χ3n) is 2.58. The highest BCUT2D eigenvalue weighted by Gasteiger charge is 2.07. The van der Waals surface area contributed by atoms with Crippen LogP contribution in [0.15, 0.2) is 36.9 Å². The average molecular weight is 265 g/mol. The molecular weight excluding hydrogens is 246 g/mol. The lowest BCUT2D eigenvalue weighted by Crippen LogP contribution is -2.30. The summed E-state index contributed by atoms with van der Waals surface area (Å²) in [6, 6.07) is 7.95. The fourth-order valence-electron chi connectivity index (χ4n) is 1.55. The zero-order valence-corrected chi connectivity index (χ0v) is 11.7. The summed E-state index contributed by atoms with van der Waals surface area (Å²) in [5, 5.41) is 0. The molecule has 1 aromatic rings. The molecule has 0 aromatic heterocycles. The summed E-state index contributed by atoms with van der Waals surface area (Å²) >= 11 is 5.27. The minimum Gasteiger partial charge on any atom is -0.497 e. The van der Waals surface area contributed by atoms with Crippen LogP contribution in [0.4, 0.5) is 0 Å². The lowest BCUT2D eigenvalue weighted by molar-refractivity contribution is 0.175. The lowest BCUT2D eigenvalue weighted by atomic mass is 10.2. The zero-order valence-electron chi connectivity index (χ0n) is 10.9. The number of rotatable bonds is 7. The Kier molecular flexibility index (Phi) is 6.39. The van der Waals surface area contributed by atoms with Crippen molar-refractivity contribution in [2.45, 2.75) is 6.54 Å². The summed E-state index contributed by atoms with van der Waals surface area (Å²) in [6.07, 6.45) is 1.69. The van der Waals surface area contributed by atoms with Crippen LogP contribution in [-0.2, 0) is 11.3 Å². The van der Waals surface area contributed by atoms with Gasteiger partial charge in [0.25, 0.3) is 0 Å². The van der Waals surface area contributed by atoms with Crippen molar-refractivity contribution in [3.63, 3.8) is 0 Å². The molecule has 4 heteroatoms. The Labute approximate surface area is 114 Å². The largest absolute Gasteiger partial charge is 0.497 e. The van der Waals surface area contributed by atoms with E-state index in [9.17, 15) is 0 Å². The molecule has 0 bridgehead atoms. The number of thiocarbonyl (C=S) groups is 1. The van der Waals surface area contributed by atoms with Crippen LogP contribution in [-0.4, -0.2) is 37.3 Å². The van der Waals surface area contributed by atoms with Crippen LogP contribution in [0.3, 0.4) is 0 Å². The molecule has 0 unspecified atom stereocenters. The first-order valence-electron chi connectivity index (χ1n) is 5.74. The summed E-state index contributed by atoms with van der Waals surface area (Å²) in [5.41, 5.74) is 1.18. The van der Waals surface area contributed by atoms with Gasteiger partial charge in [0.1, 0.15) is 10.7 Å². The number of nitrogens with zero attached hydrogens (tertiary/aromatic N) is 1. The Hall–Kier alpha value is -1.39. The van der Waals surface area contributed by atoms with Gasteiger partial charge in [-0.05, 0) is 23.8 Å². The predicted octanol–water partition coefficient (Wildman–Crippen LogP) is 2.66. The number of hydrogen-bond acceptors (Lipinski definition) is 3. The maximum Gasteiger partial charge on any atom is 0.118 e. The van der Waals surface area contributed by atoms with Gasteiger partial charge in [-0.25, -0.2) is 0 Å². The van der Waals surface area contributed by atoms with E-state index in [0.717, 1.165) is 23.8 Å². The van der Waals surface area contributed by atoms with Crippen LogP contribution in [0.5, 0.6) is 5.75 Å². The van der Waals surface area contributed by atoms with Gasteiger partial charge in [0, 0.05) is 20.2 Å². The zero-order chi connectivity index (χ0) is 13.4. The monoisotopic (exact) mass is 265 g/mol. The van der Waals surface area contributed by atoms with E-state index in [1.165, 1.54) is 5.56 Å². The van der Waals surface area contributed by atoms with Crippen molar-refractivity contribution in [2.24, 2.45) is 0 Å². The van der Waals surface area contributed by atoms with Gasteiger partial charge >= 0.3 is 0 Å². The summed E-state index contributed by atoms with van der Waals surface area (Å²) < 4.78 is 10.2. The van der Waals surface area contributed by atoms with Gasteiger partial charge in [-0.15, -0.1) is 0 Å². The summed E-state index contributed by atoms with van der Waals surface area (Å²) in [4.78, 5) is 2.80. The number of benzene rings is 1. The second-order valence-electron chi connectivity index (χ2n) is 3.80. The molecule has 0 N–H and O–H groups in total. The Morgan fingerprint density at radius 2 is 2.00 bits per heavy atom. The fourth-order valence-corrected chi connectivity index (χ4v) is 1.70. The van der Waals surface area contributed by atoms with E-state index in [0.29, 0.717) is 6.61 Å². The van der Waals surface area contributed by atoms with Gasteiger partial charge in [0.05, 0.1) is 13.7 Å². The molecule has 0 heterocycles. The molecule has 0 aliphatic carbocycles. The molecule has 0 amide bonds. The fraction of sp³-hybridized carbons (Fsp3) is 0.357. The van der Waals surface area contributed by atoms with Crippen LogP contribution < -0.4 is 4.74 Å². The summed E-state index contributed by atoms with van der Waals surface area (Å²) in [7, 11) is 3.34. The molecule has 0 fully saturated rings. The van der Waals surface area contributed by atoms with Crippen molar-refractivity contribution in [2.75, 3.05) is 27.4 Å². The van der Waals surface area contributed by atoms with E-state index in [4.69, 9.17) is 21.7 Å². The SMILES string of the molecule is C=CC(=S)N(CCOC)Cc1ccc(OC)cc1. The van der Waals surface area contributed by atoms with Crippen molar-refractivity contribution in [3.8, 4) is 5.75 Å². The molecule has 0 aliphatic rings. The average Bonchev–Trinajstić information content (AvgIpc) is 2.43. The highest BCUT2D eigenvalue weighted by atomic mass is 32.1. The minimum absolute atomic E-state index is 0.643. The van der Waals surface area contributed by atoms with Crippen molar-refractivity contribution in [3.05, 3.63) is 42.5 Å². The van der Waals surface area contributed by atoms with E-state index >= 15 is 0 Å². The molecule has 18 heavy (non-hydrogen) atoms. The van der Waals surface area contributed by atoms with Gasteiger partial charge < -0.3 is 14.4 Å². The van der Waals surface area contributed by atoms with Crippen molar-refractivity contribution in [1.82, 2.24) is 4.90 Å². The van der Waals surface area contributed by atoms with Gasteiger partial charge in [-0.2, -0.15) is 0 Å². The first-order chi connectivity index (χ1) is 8.71. The highest BCUT2D eigenvalue weighted by Crippen LogP contribution is 2.13. The normalized spacial score (nSPS) is 9.89. The Morgan fingerprint density at radius 3 is 2.50 bits per heavy atom. The third kappa shape index (κ3) is 4.47. The van der Waals surface area contributed by atoms with Gasteiger partial charge in [0.2, 0.25) is 0 Å². The Morgan fingerprint density at radius 1 is 1.33 bits per heavy atom. The standard InChI is InChI=1S/C14H19NO2S/c1-4-14(18)15(9-10-16-2)11-12-5-7-13(17-3)8-6-12/h4-8H,1,9-11H2,2-3H3. The van der Waals surface area contributed by atoms with Crippen LogP contribution in [0.1, 0.15) is 5.56 Å². The lowest BCUT2D eigenvalue weighted by Gasteiger charge is -2.23.